The first-order valence-electron chi connectivity index (χ1n) is 9.31. The average molecular weight is 391 g/mol. The summed E-state index contributed by atoms with van der Waals surface area (Å²) in [6.45, 7) is 4.89. The lowest BCUT2D eigenvalue weighted by atomic mass is 10.1. The zero-order valence-corrected chi connectivity index (χ0v) is 15.8. The number of carbonyl (C=O) groups excluding carboxylic acids is 1. The molecule has 4 rings (SSSR count). The number of hydrogen-bond donors (Lipinski definition) is 2. The Morgan fingerprint density at radius 2 is 2.14 bits per heavy atom. The lowest BCUT2D eigenvalue weighted by Gasteiger charge is -2.32. The van der Waals surface area contributed by atoms with Crippen LogP contribution in [0.25, 0.3) is 5.69 Å². The van der Waals surface area contributed by atoms with Gasteiger partial charge >= 0.3 is 0 Å². The Labute approximate surface area is 167 Å². The van der Waals surface area contributed by atoms with Crippen LogP contribution in [0.5, 0.6) is 0 Å². The van der Waals surface area contributed by atoms with Crippen molar-refractivity contribution in [2.45, 2.75) is 18.9 Å². The highest BCUT2D eigenvalue weighted by molar-refractivity contribution is 5.87. The molecule has 0 saturated carbocycles. The molecule has 1 aliphatic heterocycles. The van der Waals surface area contributed by atoms with Crippen molar-refractivity contribution in [3.63, 3.8) is 0 Å². The van der Waals surface area contributed by atoms with E-state index in [1.165, 1.54) is 12.4 Å². The van der Waals surface area contributed by atoms with E-state index in [0.29, 0.717) is 18.3 Å². The maximum absolute atomic E-state index is 11.8. The minimum absolute atomic E-state index is 0.0553. The van der Waals surface area contributed by atoms with E-state index in [9.17, 15) is 4.79 Å². The molecule has 0 aliphatic carbocycles. The van der Waals surface area contributed by atoms with E-state index in [1.807, 2.05) is 24.3 Å². The zero-order chi connectivity index (χ0) is 20.1. The summed E-state index contributed by atoms with van der Waals surface area (Å²) in [5.41, 5.74) is 1.77. The number of anilines is 3. The summed E-state index contributed by atoms with van der Waals surface area (Å²) in [6.07, 6.45) is 7.90. The van der Waals surface area contributed by atoms with Crippen LogP contribution in [0.15, 0.2) is 55.8 Å². The second kappa shape index (κ2) is 8.46. The fourth-order valence-electron chi connectivity index (χ4n) is 3.22. The van der Waals surface area contributed by atoms with Gasteiger partial charge in [-0.1, -0.05) is 6.58 Å². The van der Waals surface area contributed by atoms with E-state index in [1.54, 1.807) is 22.1 Å². The summed E-state index contributed by atoms with van der Waals surface area (Å²) in [5.74, 6) is 0.943. The Bertz CT molecular complexity index is 972. The van der Waals surface area contributed by atoms with Gasteiger partial charge in [-0.25, -0.2) is 9.67 Å². The Hall–Kier alpha value is -3.82. The molecule has 3 aromatic rings. The first kappa shape index (κ1) is 18.5. The molecule has 29 heavy (non-hydrogen) atoms. The van der Waals surface area contributed by atoms with Gasteiger partial charge in [-0.05, 0) is 43.2 Å². The van der Waals surface area contributed by atoms with E-state index < -0.39 is 0 Å². The highest BCUT2D eigenvalue weighted by Gasteiger charge is 2.22. The smallest absolute Gasteiger partial charge is 0.246 e. The van der Waals surface area contributed by atoms with E-state index in [2.05, 4.69) is 42.5 Å². The third-order valence-corrected chi connectivity index (χ3v) is 4.62. The van der Waals surface area contributed by atoms with Gasteiger partial charge < -0.3 is 15.5 Å². The summed E-state index contributed by atoms with van der Waals surface area (Å²) in [6, 6.07) is 7.78. The quantitative estimate of drug-likeness (QED) is 0.611. The van der Waals surface area contributed by atoms with Crippen LogP contribution in [-0.4, -0.2) is 59.9 Å². The fraction of sp³-hybridized carbons (Fsp3) is 0.263. The number of rotatable bonds is 6. The second-order valence-electron chi connectivity index (χ2n) is 6.65. The minimum Gasteiger partial charge on any atom is -0.348 e. The molecule has 1 saturated heterocycles. The number of aromatic nitrogens is 6. The van der Waals surface area contributed by atoms with Crippen LogP contribution < -0.4 is 10.6 Å². The Morgan fingerprint density at radius 3 is 2.90 bits per heavy atom. The largest absolute Gasteiger partial charge is 0.348 e. The van der Waals surface area contributed by atoms with Crippen molar-refractivity contribution in [3.05, 3.63) is 55.8 Å². The van der Waals surface area contributed by atoms with Crippen molar-refractivity contribution in [3.8, 4) is 5.69 Å². The van der Waals surface area contributed by atoms with Crippen LogP contribution in [0.1, 0.15) is 12.8 Å². The molecule has 10 nitrogen and oxygen atoms in total. The Morgan fingerprint density at radius 1 is 1.28 bits per heavy atom. The maximum atomic E-state index is 11.8. The van der Waals surface area contributed by atoms with Crippen molar-refractivity contribution in [2.24, 2.45) is 0 Å². The first-order valence-corrected chi connectivity index (χ1v) is 9.31. The number of benzene rings is 1. The van der Waals surface area contributed by atoms with E-state index in [0.717, 1.165) is 30.8 Å². The van der Waals surface area contributed by atoms with Crippen molar-refractivity contribution >= 4 is 23.4 Å². The highest BCUT2D eigenvalue weighted by Crippen LogP contribution is 2.18. The van der Waals surface area contributed by atoms with Gasteiger partial charge in [0.2, 0.25) is 11.9 Å². The molecule has 148 valence electrons. The standard InChI is InChI=1S/C19H21N9O/c1-2-18(29)27-9-3-4-15(11-27)24-19-25-17(10-21-26-19)23-14-5-7-16(8-6-14)28-13-20-12-22-28/h2,5-8,10,12-13,15H,1,3-4,9,11H2,(H2,23,24,25,26). The summed E-state index contributed by atoms with van der Waals surface area (Å²) in [4.78, 5) is 22.0. The monoisotopic (exact) mass is 391 g/mol. The third kappa shape index (κ3) is 4.54. The van der Waals surface area contributed by atoms with Gasteiger partial charge in [0.25, 0.3) is 0 Å². The van der Waals surface area contributed by atoms with E-state index in [-0.39, 0.29) is 11.9 Å². The van der Waals surface area contributed by atoms with E-state index >= 15 is 0 Å². The topological polar surface area (TPSA) is 114 Å². The molecule has 2 N–H and O–H groups in total. The number of nitrogens with zero attached hydrogens (tertiary/aromatic N) is 7. The number of likely N-dealkylation sites (tertiary alicyclic amines) is 1. The molecule has 1 aliphatic rings. The van der Waals surface area contributed by atoms with Gasteiger partial charge in [0.05, 0.1) is 11.9 Å². The van der Waals surface area contributed by atoms with Crippen LogP contribution in [0, 0.1) is 0 Å². The van der Waals surface area contributed by atoms with Crippen molar-refractivity contribution in [2.75, 3.05) is 23.7 Å². The molecule has 2 aromatic heterocycles. The van der Waals surface area contributed by atoms with Gasteiger partial charge in [0.15, 0.2) is 5.82 Å². The number of nitrogens with one attached hydrogen (secondary N) is 2. The zero-order valence-electron chi connectivity index (χ0n) is 15.8. The number of piperidine rings is 1. The summed E-state index contributed by atoms with van der Waals surface area (Å²) < 4.78 is 1.68. The normalized spacial score (nSPS) is 16.3. The van der Waals surface area contributed by atoms with Gasteiger partial charge in [-0.3, -0.25) is 4.79 Å². The fourth-order valence-corrected chi connectivity index (χ4v) is 3.22. The molecule has 0 radical (unpaired) electrons. The molecule has 1 unspecified atom stereocenters. The van der Waals surface area contributed by atoms with Gasteiger partial charge in [0, 0.05) is 24.8 Å². The molecular formula is C19H21N9O. The van der Waals surface area contributed by atoms with Crippen LogP contribution >= 0.6 is 0 Å². The average Bonchev–Trinajstić information content (AvgIpc) is 3.29. The van der Waals surface area contributed by atoms with Gasteiger partial charge in [-0.2, -0.15) is 15.2 Å². The molecule has 1 amide bonds. The molecule has 10 heteroatoms. The first-order chi connectivity index (χ1) is 14.2. The Balaban J connectivity index is 1.40. The maximum Gasteiger partial charge on any atom is 0.246 e. The van der Waals surface area contributed by atoms with Crippen LogP contribution in [0.4, 0.5) is 17.5 Å². The van der Waals surface area contributed by atoms with Gasteiger partial charge in [0.1, 0.15) is 12.7 Å². The van der Waals surface area contributed by atoms with Crippen LogP contribution in [0.2, 0.25) is 0 Å². The van der Waals surface area contributed by atoms with E-state index in [4.69, 9.17) is 0 Å². The van der Waals surface area contributed by atoms with Crippen LogP contribution in [0.3, 0.4) is 0 Å². The predicted molar refractivity (Wildman–Crippen MR) is 108 cm³/mol. The number of amides is 1. The van der Waals surface area contributed by atoms with Crippen molar-refractivity contribution in [1.29, 1.82) is 0 Å². The Kier molecular flexibility index (Phi) is 5.41. The molecular weight excluding hydrogens is 370 g/mol. The lowest BCUT2D eigenvalue weighted by molar-refractivity contribution is -0.127. The van der Waals surface area contributed by atoms with Crippen molar-refractivity contribution < 1.29 is 4.79 Å². The van der Waals surface area contributed by atoms with Crippen LogP contribution in [-0.2, 0) is 4.79 Å². The third-order valence-electron chi connectivity index (χ3n) is 4.62. The van der Waals surface area contributed by atoms with Gasteiger partial charge in [-0.15, -0.1) is 5.10 Å². The molecule has 3 heterocycles. The second-order valence-corrected chi connectivity index (χ2v) is 6.65. The minimum atomic E-state index is -0.0553. The number of hydrogen-bond acceptors (Lipinski definition) is 8. The lowest BCUT2D eigenvalue weighted by Crippen LogP contribution is -2.44. The summed E-state index contributed by atoms with van der Waals surface area (Å²) >= 11 is 0. The predicted octanol–water partition coefficient (Wildman–Crippen LogP) is 1.78. The molecule has 1 atom stereocenters. The number of carbonyl (C=O) groups is 1. The van der Waals surface area contributed by atoms with Crippen molar-refractivity contribution in [1.82, 2.24) is 34.8 Å². The summed E-state index contributed by atoms with van der Waals surface area (Å²) in [5, 5.41) is 18.7. The molecule has 1 fully saturated rings. The summed E-state index contributed by atoms with van der Waals surface area (Å²) in [7, 11) is 0. The molecule has 0 spiro atoms. The highest BCUT2D eigenvalue weighted by atomic mass is 16.2. The molecule has 1 aromatic carbocycles. The molecule has 0 bridgehead atoms. The SMILES string of the molecule is C=CC(=O)N1CCCC(Nc2nncc(Nc3ccc(-n4cncn4)cc3)n2)C1.